The van der Waals surface area contributed by atoms with Crippen molar-refractivity contribution in [1.29, 1.82) is 0 Å². The highest BCUT2D eigenvalue weighted by atomic mass is 16.5. The van der Waals surface area contributed by atoms with Gasteiger partial charge in [-0.15, -0.1) is 0 Å². The third-order valence-electron chi connectivity index (χ3n) is 6.42. The van der Waals surface area contributed by atoms with Crippen molar-refractivity contribution >= 4 is 34.0 Å². The SMILES string of the molecule is CNc1cccc(-c2c[nH]c3nc(Nc4ccc(N5CCOCC5)cc4)nc(Oc4ccccc4)c23)c1. The van der Waals surface area contributed by atoms with Gasteiger partial charge in [0.2, 0.25) is 11.8 Å². The molecule has 8 heteroatoms. The van der Waals surface area contributed by atoms with E-state index in [0.717, 1.165) is 54.2 Å². The van der Waals surface area contributed by atoms with Crippen LogP contribution in [-0.4, -0.2) is 48.3 Å². The highest BCUT2D eigenvalue weighted by Crippen LogP contribution is 2.37. The second-order valence-electron chi connectivity index (χ2n) is 8.80. The molecule has 0 unspecified atom stereocenters. The highest BCUT2D eigenvalue weighted by Gasteiger charge is 2.18. The molecule has 3 heterocycles. The van der Waals surface area contributed by atoms with Gasteiger partial charge in [0, 0.05) is 49.0 Å². The molecule has 186 valence electrons. The van der Waals surface area contributed by atoms with Crippen molar-refractivity contribution < 1.29 is 9.47 Å². The molecule has 1 aliphatic rings. The monoisotopic (exact) mass is 492 g/mol. The van der Waals surface area contributed by atoms with Gasteiger partial charge in [-0.2, -0.15) is 9.97 Å². The number of aromatic amines is 1. The standard InChI is InChI=1S/C29H28N6O2/c1-30-22-7-5-6-20(18-22)25-19-31-27-26(25)28(37-24-8-3-2-4-9-24)34-29(33-27)32-21-10-12-23(13-11-21)35-14-16-36-17-15-35/h2-13,18-19,30H,14-17H2,1H3,(H2,31,32,33,34). The van der Waals surface area contributed by atoms with Crippen molar-refractivity contribution in [3.63, 3.8) is 0 Å². The average molecular weight is 493 g/mol. The van der Waals surface area contributed by atoms with Crippen LogP contribution in [0.1, 0.15) is 0 Å². The van der Waals surface area contributed by atoms with Gasteiger partial charge in [-0.1, -0.05) is 30.3 Å². The summed E-state index contributed by atoms with van der Waals surface area (Å²) in [5.74, 6) is 1.64. The molecule has 1 aliphatic heterocycles. The van der Waals surface area contributed by atoms with Crippen LogP contribution in [0.15, 0.2) is 85.1 Å². The predicted molar refractivity (Wildman–Crippen MR) is 148 cm³/mol. The Hall–Kier alpha value is -4.56. The second-order valence-corrected chi connectivity index (χ2v) is 8.80. The summed E-state index contributed by atoms with van der Waals surface area (Å²) < 4.78 is 11.8. The van der Waals surface area contributed by atoms with E-state index in [9.17, 15) is 0 Å². The maximum absolute atomic E-state index is 6.30. The first-order chi connectivity index (χ1) is 18.3. The zero-order chi connectivity index (χ0) is 25.0. The Morgan fingerprint density at radius 3 is 2.49 bits per heavy atom. The molecule has 3 aromatic carbocycles. The van der Waals surface area contributed by atoms with Crippen LogP contribution in [-0.2, 0) is 4.74 Å². The molecule has 3 N–H and O–H groups in total. The highest BCUT2D eigenvalue weighted by molar-refractivity contribution is 5.98. The largest absolute Gasteiger partial charge is 0.438 e. The molecule has 0 atom stereocenters. The van der Waals surface area contributed by atoms with Crippen molar-refractivity contribution in [3.05, 3.63) is 85.1 Å². The Kier molecular flexibility index (Phi) is 6.31. The molecule has 0 aliphatic carbocycles. The Balaban J connectivity index is 1.36. The number of rotatable bonds is 7. The summed E-state index contributed by atoms with van der Waals surface area (Å²) in [6, 6.07) is 26.2. The van der Waals surface area contributed by atoms with E-state index in [4.69, 9.17) is 19.4 Å². The van der Waals surface area contributed by atoms with Gasteiger partial charge in [0.05, 0.1) is 18.6 Å². The Bertz CT molecular complexity index is 1490. The van der Waals surface area contributed by atoms with Crippen LogP contribution in [0, 0.1) is 0 Å². The lowest BCUT2D eigenvalue weighted by atomic mass is 10.1. The lowest BCUT2D eigenvalue weighted by Gasteiger charge is -2.28. The molecule has 0 saturated carbocycles. The first-order valence-corrected chi connectivity index (χ1v) is 12.4. The van der Waals surface area contributed by atoms with Crippen LogP contribution in [0.3, 0.4) is 0 Å². The van der Waals surface area contributed by atoms with Crippen LogP contribution in [0.5, 0.6) is 11.6 Å². The minimum atomic E-state index is 0.454. The smallest absolute Gasteiger partial charge is 0.234 e. The molecule has 2 aromatic heterocycles. The van der Waals surface area contributed by atoms with Crippen LogP contribution < -0.4 is 20.3 Å². The number of aromatic nitrogens is 3. The number of para-hydroxylation sites is 1. The van der Waals surface area contributed by atoms with Crippen molar-refractivity contribution in [2.45, 2.75) is 0 Å². The summed E-state index contributed by atoms with van der Waals surface area (Å²) >= 11 is 0. The van der Waals surface area contributed by atoms with Crippen LogP contribution >= 0.6 is 0 Å². The fourth-order valence-electron chi connectivity index (χ4n) is 4.51. The quantitative estimate of drug-likeness (QED) is 0.255. The molecule has 1 fully saturated rings. The van der Waals surface area contributed by atoms with Crippen LogP contribution in [0.2, 0.25) is 0 Å². The van der Waals surface area contributed by atoms with Crippen molar-refractivity contribution in [1.82, 2.24) is 15.0 Å². The maximum atomic E-state index is 6.30. The molecular weight excluding hydrogens is 464 g/mol. The Morgan fingerprint density at radius 1 is 0.892 bits per heavy atom. The number of benzene rings is 3. The molecular formula is C29H28N6O2. The van der Waals surface area contributed by atoms with Gasteiger partial charge < -0.3 is 30.0 Å². The zero-order valence-electron chi connectivity index (χ0n) is 20.6. The molecule has 0 radical (unpaired) electrons. The van der Waals surface area contributed by atoms with E-state index in [2.05, 4.69) is 44.8 Å². The Morgan fingerprint density at radius 2 is 1.70 bits per heavy atom. The van der Waals surface area contributed by atoms with E-state index >= 15 is 0 Å². The fourth-order valence-corrected chi connectivity index (χ4v) is 4.51. The molecule has 5 aromatic rings. The van der Waals surface area contributed by atoms with Gasteiger partial charge in [0.15, 0.2) is 0 Å². The van der Waals surface area contributed by atoms with E-state index in [1.807, 2.05) is 67.8 Å². The van der Waals surface area contributed by atoms with E-state index < -0.39 is 0 Å². The minimum absolute atomic E-state index is 0.454. The number of hydrogen-bond donors (Lipinski definition) is 3. The van der Waals surface area contributed by atoms with Crippen molar-refractivity contribution in [2.75, 3.05) is 48.9 Å². The number of morpholine rings is 1. The van der Waals surface area contributed by atoms with Gasteiger partial charge in [-0.05, 0) is 54.1 Å². The molecule has 0 amide bonds. The average Bonchev–Trinajstić information content (AvgIpc) is 3.39. The summed E-state index contributed by atoms with van der Waals surface area (Å²) in [7, 11) is 1.91. The molecule has 1 saturated heterocycles. The summed E-state index contributed by atoms with van der Waals surface area (Å²) in [5, 5.41) is 7.37. The van der Waals surface area contributed by atoms with Gasteiger partial charge >= 0.3 is 0 Å². The minimum Gasteiger partial charge on any atom is -0.438 e. The fraction of sp³-hybridized carbons (Fsp3) is 0.172. The summed E-state index contributed by atoms with van der Waals surface area (Å²) in [6.45, 7) is 3.32. The number of fused-ring (bicyclic) bond motifs is 1. The van der Waals surface area contributed by atoms with Crippen molar-refractivity contribution in [2.24, 2.45) is 0 Å². The van der Waals surface area contributed by atoms with Gasteiger partial charge in [0.1, 0.15) is 11.4 Å². The van der Waals surface area contributed by atoms with Crippen molar-refractivity contribution in [3.8, 4) is 22.8 Å². The number of nitrogens with one attached hydrogen (secondary N) is 3. The number of hydrogen-bond acceptors (Lipinski definition) is 7. The summed E-state index contributed by atoms with van der Waals surface area (Å²) in [6.07, 6.45) is 1.95. The molecule has 0 bridgehead atoms. The zero-order valence-corrected chi connectivity index (χ0v) is 20.6. The number of anilines is 4. The topological polar surface area (TPSA) is 87.3 Å². The van der Waals surface area contributed by atoms with Gasteiger partial charge in [-0.25, -0.2) is 0 Å². The lowest BCUT2D eigenvalue weighted by molar-refractivity contribution is 0.122. The first-order valence-electron chi connectivity index (χ1n) is 12.4. The summed E-state index contributed by atoms with van der Waals surface area (Å²) in [4.78, 5) is 15.2. The molecule has 37 heavy (non-hydrogen) atoms. The molecule has 8 nitrogen and oxygen atoms in total. The van der Waals surface area contributed by atoms with Gasteiger partial charge in [0.25, 0.3) is 0 Å². The van der Waals surface area contributed by atoms with E-state index in [-0.39, 0.29) is 0 Å². The Labute approximate surface area is 215 Å². The number of ether oxygens (including phenoxy) is 2. The molecule has 0 spiro atoms. The number of nitrogens with zero attached hydrogens (tertiary/aromatic N) is 3. The third-order valence-corrected chi connectivity index (χ3v) is 6.42. The second kappa shape index (κ2) is 10.2. The van der Waals surface area contributed by atoms with E-state index in [1.54, 1.807) is 0 Å². The van der Waals surface area contributed by atoms with Gasteiger partial charge in [-0.3, -0.25) is 0 Å². The molecule has 6 rings (SSSR count). The van der Waals surface area contributed by atoms with Crippen LogP contribution in [0.4, 0.5) is 23.0 Å². The van der Waals surface area contributed by atoms with E-state index in [0.29, 0.717) is 23.2 Å². The lowest BCUT2D eigenvalue weighted by Crippen LogP contribution is -2.36. The predicted octanol–water partition coefficient (Wildman–Crippen LogP) is 6.04. The van der Waals surface area contributed by atoms with E-state index in [1.165, 1.54) is 5.69 Å². The van der Waals surface area contributed by atoms with Crippen LogP contribution in [0.25, 0.3) is 22.2 Å². The third kappa shape index (κ3) is 4.92. The normalized spacial score (nSPS) is 13.5. The summed E-state index contributed by atoms with van der Waals surface area (Å²) in [5.41, 5.74) is 5.81. The first kappa shape index (κ1) is 22.9. The maximum Gasteiger partial charge on any atom is 0.234 e. The number of H-pyrrole nitrogens is 1.